The smallest absolute Gasteiger partial charge is 0.341 e. The normalized spacial score (nSPS) is 18.2. The molecule has 0 heterocycles. The average molecular weight is 258 g/mol. The summed E-state index contributed by atoms with van der Waals surface area (Å²) in [4.78, 5) is 26.5. The van der Waals surface area contributed by atoms with E-state index in [-0.39, 0.29) is 5.75 Å². The summed E-state index contributed by atoms with van der Waals surface area (Å²) in [6.07, 6.45) is -1.26. The maximum absolute atomic E-state index is 10.9. The first-order chi connectivity index (χ1) is 6.66. The minimum absolute atomic E-state index is 0.233. The fourth-order valence-corrected chi connectivity index (χ4v) is 3.20. The molecule has 7 nitrogen and oxygen atoms in total. The van der Waals surface area contributed by atoms with E-state index in [1.54, 1.807) is 0 Å². The summed E-state index contributed by atoms with van der Waals surface area (Å²) in [5.41, 5.74) is 5.09. The Bertz CT molecular complexity index is 266. The molecule has 90 valence electrons. The van der Waals surface area contributed by atoms with E-state index in [0.29, 0.717) is 11.8 Å². The van der Waals surface area contributed by atoms with Crippen LogP contribution in [0.1, 0.15) is 6.92 Å². The van der Waals surface area contributed by atoms with Gasteiger partial charge in [0.25, 0.3) is 0 Å². The van der Waals surface area contributed by atoms with Crippen molar-refractivity contribution >= 4 is 25.3 Å². The molecule has 0 aliphatic carbocycles. The summed E-state index contributed by atoms with van der Waals surface area (Å²) in [7, 11) is -4.47. The van der Waals surface area contributed by atoms with Gasteiger partial charge >= 0.3 is 7.60 Å². The molecule has 0 fully saturated rings. The molecule has 9 heteroatoms. The van der Waals surface area contributed by atoms with Gasteiger partial charge in [0, 0.05) is 5.75 Å². The van der Waals surface area contributed by atoms with Crippen molar-refractivity contribution in [2.75, 3.05) is 5.75 Å². The molecule has 1 unspecified atom stereocenters. The highest BCUT2D eigenvalue weighted by Crippen LogP contribution is 2.48. The first-order valence-electron chi connectivity index (χ1n) is 3.97. The molecule has 0 spiro atoms. The highest BCUT2D eigenvalue weighted by Gasteiger charge is 2.33. The number of carboxylic acids is 1. The number of aliphatic carboxylic acids is 1. The van der Waals surface area contributed by atoms with Crippen molar-refractivity contribution in [3.05, 3.63) is 0 Å². The number of carbonyl (C=O) groups excluding carboxylic acids is 1. The van der Waals surface area contributed by atoms with Gasteiger partial charge in [0.05, 0.1) is 18.1 Å². The van der Waals surface area contributed by atoms with E-state index < -0.39 is 30.7 Å². The molecule has 0 aliphatic heterocycles. The average Bonchev–Trinajstić information content (AvgIpc) is 2.00. The van der Waals surface area contributed by atoms with Crippen molar-refractivity contribution in [2.24, 2.45) is 5.73 Å². The summed E-state index contributed by atoms with van der Waals surface area (Å²) in [6, 6.07) is -1.32. The molecule has 0 rings (SSSR count). The second-order valence-electron chi connectivity index (χ2n) is 2.98. The van der Waals surface area contributed by atoms with Crippen LogP contribution in [0.15, 0.2) is 0 Å². The molecular weight excluding hydrogens is 245 g/mol. The zero-order chi connectivity index (χ0) is 12.2. The SMILES string of the molecule is C[C@@H](O)[C@H](SCC(N)C(=O)[O-])P(=O)(O)O. The number of nitrogens with two attached hydrogens (primary N) is 1. The summed E-state index contributed by atoms with van der Waals surface area (Å²) in [5.74, 6) is -1.74. The molecular formula is C6H13NO6PS-. The van der Waals surface area contributed by atoms with E-state index >= 15 is 0 Å². The minimum atomic E-state index is -4.47. The van der Waals surface area contributed by atoms with Crippen molar-refractivity contribution in [1.82, 2.24) is 0 Å². The number of rotatable bonds is 6. The lowest BCUT2D eigenvalue weighted by molar-refractivity contribution is -0.306. The van der Waals surface area contributed by atoms with Crippen molar-refractivity contribution in [2.45, 2.75) is 24.1 Å². The first-order valence-corrected chi connectivity index (χ1v) is 6.70. The van der Waals surface area contributed by atoms with Gasteiger partial charge in [-0.2, -0.15) is 0 Å². The van der Waals surface area contributed by atoms with Crippen molar-refractivity contribution in [3.8, 4) is 0 Å². The Balaban J connectivity index is 4.34. The fraction of sp³-hybridized carbons (Fsp3) is 0.833. The largest absolute Gasteiger partial charge is 0.548 e. The monoisotopic (exact) mass is 258 g/mol. The Labute approximate surface area is 90.8 Å². The number of aliphatic hydroxyl groups is 1. The summed E-state index contributed by atoms with van der Waals surface area (Å²) in [6.45, 7) is 1.21. The highest BCUT2D eigenvalue weighted by atomic mass is 32.2. The summed E-state index contributed by atoms with van der Waals surface area (Å²) < 4.78 is 10.9. The van der Waals surface area contributed by atoms with Crippen LogP contribution >= 0.6 is 19.4 Å². The zero-order valence-electron chi connectivity index (χ0n) is 7.94. The lowest BCUT2D eigenvalue weighted by Crippen LogP contribution is -2.44. The van der Waals surface area contributed by atoms with Crippen LogP contribution < -0.4 is 10.8 Å². The number of aliphatic hydroxyl groups excluding tert-OH is 1. The van der Waals surface area contributed by atoms with Gasteiger partial charge in [-0.05, 0) is 6.92 Å². The van der Waals surface area contributed by atoms with Gasteiger partial charge in [0.1, 0.15) is 4.99 Å². The predicted octanol–water partition coefficient (Wildman–Crippen LogP) is -2.32. The third kappa shape index (κ3) is 5.50. The highest BCUT2D eigenvalue weighted by molar-refractivity contribution is 8.05. The fourth-order valence-electron chi connectivity index (χ4n) is 0.788. The predicted molar refractivity (Wildman–Crippen MR) is 53.0 cm³/mol. The number of carbonyl (C=O) groups is 1. The van der Waals surface area contributed by atoms with Gasteiger partial charge in [0.2, 0.25) is 0 Å². The third-order valence-corrected chi connectivity index (χ3v) is 5.15. The Hall–Kier alpha value is -0.110. The van der Waals surface area contributed by atoms with E-state index in [2.05, 4.69) is 0 Å². The molecule has 5 N–H and O–H groups in total. The van der Waals surface area contributed by atoms with E-state index in [0.717, 1.165) is 0 Å². The molecule has 0 aliphatic rings. The van der Waals surface area contributed by atoms with Crippen molar-refractivity contribution in [1.29, 1.82) is 0 Å². The zero-order valence-corrected chi connectivity index (χ0v) is 9.65. The Morgan fingerprint density at radius 2 is 2.07 bits per heavy atom. The summed E-state index contributed by atoms with van der Waals surface area (Å²) in [5, 5.41) is 19.3. The van der Waals surface area contributed by atoms with Crippen LogP contribution in [-0.4, -0.2) is 43.8 Å². The van der Waals surface area contributed by atoms with Crippen LogP contribution in [0.2, 0.25) is 0 Å². The molecule has 0 bridgehead atoms. The molecule has 0 aromatic heterocycles. The van der Waals surface area contributed by atoms with Gasteiger partial charge in [0.15, 0.2) is 0 Å². The second kappa shape index (κ2) is 5.83. The van der Waals surface area contributed by atoms with E-state index in [1.807, 2.05) is 0 Å². The topological polar surface area (TPSA) is 144 Å². The molecule has 0 saturated heterocycles. The Kier molecular flexibility index (Phi) is 5.79. The standard InChI is InChI=1S/C6H14NO6PS/c1-3(8)6(14(11,12)13)15-2-4(7)5(9)10/h3-4,6,8H,2,7H2,1H3,(H,9,10)(H2,11,12,13)/p-1/t3-,4?,6+/m1/s1. The van der Waals surface area contributed by atoms with Crippen molar-refractivity contribution in [3.63, 3.8) is 0 Å². The van der Waals surface area contributed by atoms with E-state index in [9.17, 15) is 14.5 Å². The maximum atomic E-state index is 10.9. The van der Waals surface area contributed by atoms with Crippen LogP contribution in [0.3, 0.4) is 0 Å². The van der Waals surface area contributed by atoms with Gasteiger partial charge in [-0.15, -0.1) is 11.8 Å². The van der Waals surface area contributed by atoms with Crippen molar-refractivity contribution < 1.29 is 29.4 Å². The van der Waals surface area contributed by atoms with Gasteiger partial charge in [-0.25, -0.2) is 0 Å². The first kappa shape index (κ1) is 14.9. The summed E-state index contributed by atoms with van der Waals surface area (Å²) >= 11 is 0.614. The van der Waals surface area contributed by atoms with E-state index in [1.165, 1.54) is 6.92 Å². The van der Waals surface area contributed by atoms with Crippen LogP contribution in [-0.2, 0) is 9.36 Å². The third-order valence-electron chi connectivity index (χ3n) is 1.49. The van der Waals surface area contributed by atoms with Crippen LogP contribution in [0.5, 0.6) is 0 Å². The molecule has 0 amide bonds. The number of hydrogen-bond donors (Lipinski definition) is 4. The van der Waals surface area contributed by atoms with Crippen LogP contribution in [0.4, 0.5) is 0 Å². The maximum Gasteiger partial charge on any atom is 0.341 e. The van der Waals surface area contributed by atoms with Gasteiger partial charge in [-0.1, -0.05) is 0 Å². The molecule has 3 atom stereocenters. The molecule has 0 aromatic rings. The molecule has 0 aromatic carbocycles. The molecule has 0 radical (unpaired) electrons. The number of thioether (sulfide) groups is 1. The van der Waals surface area contributed by atoms with Crippen LogP contribution in [0, 0.1) is 0 Å². The molecule has 0 saturated carbocycles. The van der Waals surface area contributed by atoms with Gasteiger partial charge < -0.3 is 30.5 Å². The Morgan fingerprint density at radius 3 is 2.33 bits per heavy atom. The lowest BCUT2D eigenvalue weighted by Gasteiger charge is -2.22. The van der Waals surface area contributed by atoms with Crippen LogP contribution in [0.25, 0.3) is 0 Å². The lowest BCUT2D eigenvalue weighted by atomic mass is 10.4. The molecule has 15 heavy (non-hydrogen) atoms. The second-order valence-corrected chi connectivity index (χ2v) is 6.24. The quantitative estimate of drug-likeness (QED) is 0.389. The number of carboxylic acid groups (broad SMARTS) is 1. The van der Waals surface area contributed by atoms with E-state index in [4.69, 9.17) is 20.6 Å². The Morgan fingerprint density at radius 1 is 1.60 bits per heavy atom. The minimum Gasteiger partial charge on any atom is -0.548 e. The number of hydrogen-bond acceptors (Lipinski definition) is 6. The van der Waals surface area contributed by atoms with Gasteiger partial charge in [-0.3, -0.25) is 4.57 Å².